The van der Waals surface area contributed by atoms with Crippen molar-refractivity contribution in [3.8, 4) is 17.3 Å². The summed E-state index contributed by atoms with van der Waals surface area (Å²) in [5.74, 6) is -1.56. The van der Waals surface area contributed by atoms with Gasteiger partial charge in [-0.1, -0.05) is 0 Å². The summed E-state index contributed by atoms with van der Waals surface area (Å²) in [5, 5.41) is 9.68. The molecule has 1 saturated heterocycles. The van der Waals surface area contributed by atoms with Gasteiger partial charge in [0.15, 0.2) is 5.58 Å². The maximum Gasteiger partial charge on any atom is 0.419 e. The summed E-state index contributed by atoms with van der Waals surface area (Å²) in [5.41, 5.74) is 7.70. The average molecular weight is 439 g/mol. The minimum atomic E-state index is -0.799. The van der Waals surface area contributed by atoms with Crippen LogP contribution in [0, 0.1) is 17.1 Å². The molecule has 3 aromatic rings. The first-order valence-corrected chi connectivity index (χ1v) is 10.2. The van der Waals surface area contributed by atoms with E-state index in [9.17, 15) is 19.2 Å². The third-order valence-electron chi connectivity index (χ3n) is 5.65. The molecule has 9 nitrogen and oxygen atoms in total. The van der Waals surface area contributed by atoms with E-state index in [2.05, 4.69) is 11.1 Å². The van der Waals surface area contributed by atoms with Crippen LogP contribution < -0.4 is 11.5 Å². The molecule has 1 aliphatic heterocycles. The Hall–Kier alpha value is -3.55. The lowest BCUT2D eigenvalue weighted by molar-refractivity contribution is -0.129. The number of amides is 1. The number of aromatic nitrogens is 2. The Morgan fingerprint density at radius 1 is 1.44 bits per heavy atom. The molecule has 1 fully saturated rings. The lowest BCUT2D eigenvalue weighted by atomic mass is 10.0. The molecular formula is C22H22FN5O4. The van der Waals surface area contributed by atoms with Crippen molar-refractivity contribution in [1.82, 2.24) is 14.5 Å². The first-order chi connectivity index (χ1) is 15.4. The molecular weight excluding hydrogens is 417 g/mol. The van der Waals surface area contributed by atoms with Gasteiger partial charge in [-0.3, -0.25) is 19.2 Å². The van der Waals surface area contributed by atoms with E-state index in [0.29, 0.717) is 41.9 Å². The number of benzene rings is 1. The molecule has 2 aromatic heterocycles. The average Bonchev–Trinajstić information content (AvgIpc) is 2.95. The molecule has 4 rings (SSSR count). The number of nitrogens with zero attached hydrogens (tertiary/aromatic N) is 4. The van der Waals surface area contributed by atoms with Crippen molar-refractivity contribution in [2.45, 2.75) is 25.0 Å². The summed E-state index contributed by atoms with van der Waals surface area (Å²) >= 11 is 0. The number of rotatable bonds is 5. The van der Waals surface area contributed by atoms with E-state index >= 15 is 0 Å². The molecule has 0 aliphatic carbocycles. The molecule has 2 N–H and O–H groups in total. The van der Waals surface area contributed by atoms with Crippen molar-refractivity contribution in [2.24, 2.45) is 12.8 Å². The summed E-state index contributed by atoms with van der Waals surface area (Å²) < 4.78 is 26.9. The number of ether oxygens (including phenoxy) is 1. The summed E-state index contributed by atoms with van der Waals surface area (Å²) in [6, 6.07) is 7.89. The van der Waals surface area contributed by atoms with E-state index < -0.39 is 29.6 Å². The fourth-order valence-corrected chi connectivity index (χ4v) is 3.82. The molecule has 2 atom stereocenters. The van der Waals surface area contributed by atoms with Crippen LogP contribution in [0.15, 0.2) is 39.7 Å². The highest BCUT2D eigenvalue weighted by atomic mass is 19.1. The predicted octanol–water partition coefficient (Wildman–Crippen LogP) is 1.34. The van der Waals surface area contributed by atoms with Crippen molar-refractivity contribution in [2.75, 3.05) is 19.7 Å². The number of nitrogens with two attached hydrogens (primary N) is 1. The number of hydrogen-bond donors (Lipinski definition) is 1. The molecule has 0 spiro atoms. The van der Waals surface area contributed by atoms with Gasteiger partial charge in [-0.05, 0) is 24.6 Å². The van der Waals surface area contributed by atoms with Crippen molar-refractivity contribution >= 4 is 17.0 Å². The number of carbonyl (C=O) groups is 1. The van der Waals surface area contributed by atoms with E-state index in [1.807, 2.05) is 0 Å². The van der Waals surface area contributed by atoms with Crippen LogP contribution in [0.5, 0.6) is 0 Å². The van der Waals surface area contributed by atoms with Crippen molar-refractivity contribution in [1.29, 1.82) is 5.26 Å². The van der Waals surface area contributed by atoms with Gasteiger partial charge in [-0.2, -0.15) is 5.26 Å². The van der Waals surface area contributed by atoms with Crippen LogP contribution in [-0.4, -0.2) is 52.2 Å². The number of fused-ring (bicyclic) bond motifs is 1. The topological polar surface area (TPSA) is 127 Å². The van der Waals surface area contributed by atoms with Gasteiger partial charge < -0.3 is 14.9 Å². The van der Waals surface area contributed by atoms with Gasteiger partial charge >= 0.3 is 5.76 Å². The molecule has 0 bridgehead atoms. The van der Waals surface area contributed by atoms with Gasteiger partial charge in [0.2, 0.25) is 5.91 Å². The zero-order valence-corrected chi connectivity index (χ0v) is 17.5. The Bertz CT molecular complexity index is 1260. The second-order valence-electron chi connectivity index (χ2n) is 7.73. The summed E-state index contributed by atoms with van der Waals surface area (Å²) in [6.07, 6.45) is 1.36. The summed E-state index contributed by atoms with van der Waals surface area (Å²) in [4.78, 5) is 29.4. The number of oxazole rings is 1. The molecule has 1 aromatic carbocycles. The van der Waals surface area contributed by atoms with Crippen LogP contribution in [-0.2, 0) is 23.0 Å². The maximum atomic E-state index is 14.9. The number of nitriles is 1. The fourth-order valence-electron chi connectivity index (χ4n) is 3.82. The number of halogens is 1. The first kappa shape index (κ1) is 21.7. The normalized spacial score (nSPS) is 18.2. The van der Waals surface area contributed by atoms with E-state index in [1.165, 1.54) is 16.8 Å². The third kappa shape index (κ3) is 4.26. The SMILES string of the molecule is Cn1c(=O)oc2ccc(-c3cc(F)c(C[C@@H](C#N)N4CCCO[C@H](C(N)=O)C4)cn3)cc21. The monoisotopic (exact) mass is 439 g/mol. The maximum absolute atomic E-state index is 14.9. The molecule has 32 heavy (non-hydrogen) atoms. The van der Waals surface area contributed by atoms with Crippen LogP contribution >= 0.6 is 0 Å². The third-order valence-corrected chi connectivity index (χ3v) is 5.65. The van der Waals surface area contributed by atoms with Crippen LogP contribution in [0.4, 0.5) is 4.39 Å². The molecule has 0 unspecified atom stereocenters. The predicted molar refractivity (Wildman–Crippen MR) is 113 cm³/mol. The van der Waals surface area contributed by atoms with Crippen molar-refractivity contribution in [3.63, 3.8) is 0 Å². The lowest BCUT2D eigenvalue weighted by Crippen LogP contribution is -2.45. The fraction of sp³-hybridized carbons (Fsp3) is 0.364. The van der Waals surface area contributed by atoms with Crippen LogP contribution in [0.2, 0.25) is 0 Å². The second kappa shape index (κ2) is 8.90. The standard InChI is InChI=1S/C22H22FN5O4/c1-27-18-8-13(3-4-19(18)32-22(27)30)17-9-16(23)14(11-26-17)7-15(10-24)28-5-2-6-31-20(12-28)21(25)29/h3-4,8-9,11,15,20H,2,5-7,12H2,1H3,(H2,25,29)/t15-,20-/m0/s1. The Kier molecular flexibility index (Phi) is 6.03. The number of hydrogen-bond acceptors (Lipinski definition) is 7. The summed E-state index contributed by atoms with van der Waals surface area (Å²) in [6.45, 7) is 1.10. The van der Waals surface area contributed by atoms with Crippen molar-refractivity contribution in [3.05, 3.63) is 52.4 Å². The van der Waals surface area contributed by atoms with Gasteiger partial charge in [-0.15, -0.1) is 0 Å². The zero-order valence-electron chi connectivity index (χ0n) is 17.5. The molecule has 0 saturated carbocycles. The Labute approximate surface area is 182 Å². The van der Waals surface area contributed by atoms with Crippen LogP contribution in [0.3, 0.4) is 0 Å². The van der Waals surface area contributed by atoms with E-state index in [1.54, 1.807) is 30.1 Å². The van der Waals surface area contributed by atoms with Crippen LogP contribution in [0.25, 0.3) is 22.4 Å². The van der Waals surface area contributed by atoms with E-state index in [0.717, 1.165) is 0 Å². The Morgan fingerprint density at radius 2 is 2.25 bits per heavy atom. The highest BCUT2D eigenvalue weighted by Gasteiger charge is 2.28. The number of primary amides is 1. The smallest absolute Gasteiger partial charge is 0.408 e. The number of carbonyl (C=O) groups excluding carboxylic acids is 1. The van der Waals surface area contributed by atoms with Gasteiger partial charge in [-0.25, -0.2) is 9.18 Å². The van der Waals surface area contributed by atoms with Crippen LogP contribution in [0.1, 0.15) is 12.0 Å². The Balaban J connectivity index is 1.56. The molecule has 1 aliphatic rings. The minimum Gasteiger partial charge on any atom is -0.408 e. The number of aryl methyl sites for hydroxylation is 1. The molecule has 3 heterocycles. The van der Waals surface area contributed by atoms with Crippen molar-refractivity contribution < 1.29 is 18.3 Å². The van der Waals surface area contributed by atoms with Gasteiger partial charge in [0.05, 0.1) is 17.3 Å². The van der Waals surface area contributed by atoms with E-state index in [4.69, 9.17) is 14.9 Å². The number of pyridine rings is 1. The lowest BCUT2D eigenvalue weighted by Gasteiger charge is -2.27. The molecule has 0 radical (unpaired) electrons. The van der Waals surface area contributed by atoms with E-state index in [-0.39, 0.29) is 18.5 Å². The summed E-state index contributed by atoms with van der Waals surface area (Å²) in [7, 11) is 1.59. The first-order valence-electron chi connectivity index (χ1n) is 10.2. The van der Waals surface area contributed by atoms with Gasteiger partial charge in [0, 0.05) is 56.6 Å². The van der Waals surface area contributed by atoms with Gasteiger partial charge in [0.1, 0.15) is 18.0 Å². The zero-order chi connectivity index (χ0) is 22.8. The quantitative estimate of drug-likeness (QED) is 0.635. The second-order valence-corrected chi connectivity index (χ2v) is 7.73. The highest BCUT2D eigenvalue weighted by Crippen LogP contribution is 2.24. The van der Waals surface area contributed by atoms with Gasteiger partial charge in [0.25, 0.3) is 0 Å². The largest absolute Gasteiger partial charge is 0.419 e. The Morgan fingerprint density at radius 3 is 2.97 bits per heavy atom. The molecule has 1 amide bonds. The highest BCUT2D eigenvalue weighted by molar-refractivity contribution is 5.80. The molecule has 166 valence electrons. The molecule has 10 heteroatoms. The minimum absolute atomic E-state index is 0.108.